The number of aromatic nitrogens is 2. The highest BCUT2D eigenvalue weighted by Crippen LogP contribution is 2.39. The molecule has 0 radical (unpaired) electrons. The third kappa shape index (κ3) is 4.49. The average molecular weight is 478 g/mol. The van der Waals surface area contributed by atoms with Crippen molar-refractivity contribution >= 4 is 45.1 Å². The molecule has 170 valence electrons. The van der Waals surface area contributed by atoms with Crippen LogP contribution in [-0.2, 0) is 6.18 Å². The van der Waals surface area contributed by atoms with E-state index < -0.39 is 11.7 Å². The lowest BCUT2D eigenvalue weighted by atomic mass is 10.1. The minimum Gasteiger partial charge on any atom is -0.496 e. The van der Waals surface area contributed by atoms with Crippen molar-refractivity contribution in [3.05, 3.63) is 90.5 Å². The Balaban J connectivity index is 1.61. The number of benzene rings is 4. The Morgan fingerprint density at radius 3 is 2.06 bits per heavy atom. The van der Waals surface area contributed by atoms with E-state index in [9.17, 15) is 13.2 Å². The van der Waals surface area contributed by atoms with E-state index in [1.165, 1.54) is 23.9 Å². The molecule has 4 aromatic carbocycles. The first-order valence-corrected chi connectivity index (χ1v) is 11.2. The Kier molecular flexibility index (Phi) is 5.75. The molecule has 0 atom stereocenters. The van der Waals surface area contributed by atoms with Crippen LogP contribution in [0.3, 0.4) is 0 Å². The number of rotatable bonds is 5. The first-order chi connectivity index (χ1) is 16.4. The third-order valence-electron chi connectivity index (χ3n) is 5.25. The summed E-state index contributed by atoms with van der Waals surface area (Å²) in [6, 6.07) is 24.2. The van der Waals surface area contributed by atoms with Gasteiger partial charge in [-0.3, -0.25) is 0 Å². The minimum absolute atomic E-state index is 0.443. The van der Waals surface area contributed by atoms with E-state index in [0.29, 0.717) is 33.3 Å². The van der Waals surface area contributed by atoms with Crippen LogP contribution in [0.1, 0.15) is 5.56 Å². The summed E-state index contributed by atoms with van der Waals surface area (Å²) in [4.78, 5) is 10.5. The first kappa shape index (κ1) is 22.0. The molecule has 0 spiro atoms. The smallest absolute Gasteiger partial charge is 0.416 e. The summed E-state index contributed by atoms with van der Waals surface area (Å²) in [5.41, 5.74) is 1.16. The van der Waals surface area contributed by atoms with E-state index in [-0.39, 0.29) is 0 Å². The van der Waals surface area contributed by atoms with Gasteiger partial charge in [-0.15, -0.1) is 0 Å². The molecule has 1 heterocycles. The van der Waals surface area contributed by atoms with E-state index in [0.717, 1.165) is 27.8 Å². The SMILES string of the molecule is COc1ccccc1Sc1nc2cc3ccccc3cc2nc1Nc1ccc(C(F)(F)F)cc1. The molecule has 34 heavy (non-hydrogen) atoms. The maximum absolute atomic E-state index is 13.0. The van der Waals surface area contributed by atoms with Crippen LogP contribution < -0.4 is 10.1 Å². The zero-order valence-electron chi connectivity index (χ0n) is 17.9. The van der Waals surface area contributed by atoms with E-state index in [4.69, 9.17) is 14.7 Å². The number of fused-ring (bicyclic) bond motifs is 2. The number of alkyl halides is 3. The van der Waals surface area contributed by atoms with E-state index in [2.05, 4.69) is 5.32 Å². The average Bonchev–Trinajstić information content (AvgIpc) is 2.83. The van der Waals surface area contributed by atoms with Gasteiger partial charge in [0.05, 0.1) is 28.6 Å². The fourth-order valence-electron chi connectivity index (χ4n) is 3.57. The fourth-order valence-corrected chi connectivity index (χ4v) is 4.51. The second-order valence-corrected chi connectivity index (χ2v) is 8.55. The van der Waals surface area contributed by atoms with Crippen LogP contribution in [0.15, 0.2) is 94.9 Å². The van der Waals surface area contributed by atoms with Crippen LogP contribution in [0.2, 0.25) is 0 Å². The summed E-state index contributed by atoms with van der Waals surface area (Å²) in [5, 5.41) is 5.79. The lowest BCUT2D eigenvalue weighted by Gasteiger charge is -2.14. The predicted molar refractivity (Wildman–Crippen MR) is 129 cm³/mol. The number of anilines is 2. The van der Waals surface area contributed by atoms with Gasteiger partial charge in [-0.25, -0.2) is 9.97 Å². The Morgan fingerprint density at radius 1 is 0.794 bits per heavy atom. The summed E-state index contributed by atoms with van der Waals surface area (Å²) in [5.74, 6) is 1.13. The predicted octanol–water partition coefficient (Wildman–Crippen LogP) is 7.71. The van der Waals surface area contributed by atoms with Crippen LogP contribution >= 0.6 is 11.8 Å². The summed E-state index contributed by atoms with van der Waals surface area (Å²) in [6.45, 7) is 0. The maximum atomic E-state index is 13.0. The molecule has 0 aliphatic heterocycles. The van der Waals surface area contributed by atoms with Gasteiger partial charge in [0.15, 0.2) is 5.82 Å². The van der Waals surface area contributed by atoms with Crippen molar-refractivity contribution in [2.45, 2.75) is 16.1 Å². The molecule has 5 aromatic rings. The number of nitrogens with zero attached hydrogens (tertiary/aromatic N) is 2. The van der Waals surface area contributed by atoms with Gasteiger partial charge in [-0.1, -0.05) is 48.2 Å². The van der Waals surface area contributed by atoms with Gasteiger partial charge >= 0.3 is 6.18 Å². The Morgan fingerprint density at radius 2 is 1.41 bits per heavy atom. The van der Waals surface area contributed by atoms with Crippen molar-refractivity contribution in [3.8, 4) is 5.75 Å². The van der Waals surface area contributed by atoms with Gasteiger partial charge in [-0.05, 0) is 59.3 Å². The van der Waals surface area contributed by atoms with Crippen LogP contribution in [0.5, 0.6) is 5.75 Å². The molecule has 0 bridgehead atoms. The Bertz CT molecular complexity index is 1490. The van der Waals surface area contributed by atoms with Gasteiger partial charge in [0.2, 0.25) is 0 Å². The molecule has 0 fully saturated rings. The van der Waals surface area contributed by atoms with Gasteiger partial charge in [-0.2, -0.15) is 13.2 Å². The summed E-state index contributed by atoms with van der Waals surface area (Å²) < 4.78 is 44.4. The summed E-state index contributed by atoms with van der Waals surface area (Å²) in [7, 11) is 1.60. The molecule has 1 aromatic heterocycles. The Hall–Kier alpha value is -3.78. The van der Waals surface area contributed by atoms with Crippen molar-refractivity contribution in [1.29, 1.82) is 0 Å². The van der Waals surface area contributed by atoms with E-state index in [1.807, 2.05) is 60.7 Å². The molecule has 5 rings (SSSR count). The normalized spacial score (nSPS) is 11.6. The molecule has 0 saturated carbocycles. The largest absolute Gasteiger partial charge is 0.496 e. The topological polar surface area (TPSA) is 47.0 Å². The van der Waals surface area contributed by atoms with Gasteiger partial charge < -0.3 is 10.1 Å². The molecule has 1 N–H and O–H groups in total. The van der Waals surface area contributed by atoms with Crippen molar-refractivity contribution in [1.82, 2.24) is 9.97 Å². The second-order valence-electron chi connectivity index (χ2n) is 7.52. The fraction of sp³-hybridized carbons (Fsp3) is 0.0769. The van der Waals surface area contributed by atoms with Crippen LogP contribution in [0.4, 0.5) is 24.7 Å². The molecule has 8 heteroatoms. The lowest BCUT2D eigenvalue weighted by Crippen LogP contribution is -2.05. The zero-order chi connectivity index (χ0) is 23.7. The van der Waals surface area contributed by atoms with Crippen LogP contribution in [-0.4, -0.2) is 17.1 Å². The molecule has 0 amide bonds. The maximum Gasteiger partial charge on any atom is 0.416 e. The van der Waals surface area contributed by atoms with Crippen molar-refractivity contribution in [2.75, 3.05) is 12.4 Å². The van der Waals surface area contributed by atoms with E-state index >= 15 is 0 Å². The van der Waals surface area contributed by atoms with Crippen molar-refractivity contribution in [3.63, 3.8) is 0 Å². The van der Waals surface area contributed by atoms with Crippen molar-refractivity contribution < 1.29 is 17.9 Å². The Labute approximate surface area is 197 Å². The number of ether oxygens (including phenoxy) is 1. The lowest BCUT2D eigenvalue weighted by molar-refractivity contribution is -0.137. The third-order valence-corrected chi connectivity index (χ3v) is 6.29. The van der Waals surface area contributed by atoms with Crippen LogP contribution in [0, 0.1) is 0 Å². The van der Waals surface area contributed by atoms with Gasteiger partial charge in [0.1, 0.15) is 10.8 Å². The summed E-state index contributed by atoms with van der Waals surface area (Å²) in [6.07, 6.45) is -4.40. The molecule has 0 unspecified atom stereocenters. The number of hydrogen-bond donors (Lipinski definition) is 1. The highest BCUT2D eigenvalue weighted by Gasteiger charge is 2.30. The molecule has 0 aliphatic carbocycles. The number of methoxy groups -OCH3 is 1. The second kappa shape index (κ2) is 8.87. The standard InChI is InChI=1S/C26H18F3N3OS/c1-33-22-8-4-5-9-23(22)34-25-24(30-19-12-10-18(11-13-19)26(27,28)29)31-20-14-16-6-2-3-7-17(16)15-21(20)32-25/h2-15H,1H3,(H,30,31). The first-order valence-electron chi connectivity index (χ1n) is 10.4. The number of para-hydroxylation sites is 1. The molecular formula is C26H18F3N3OS. The zero-order valence-corrected chi connectivity index (χ0v) is 18.7. The highest BCUT2D eigenvalue weighted by molar-refractivity contribution is 7.99. The number of nitrogens with one attached hydrogen (secondary N) is 1. The van der Waals surface area contributed by atoms with E-state index in [1.54, 1.807) is 7.11 Å². The molecule has 0 saturated heterocycles. The van der Waals surface area contributed by atoms with Crippen LogP contribution in [0.25, 0.3) is 21.8 Å². The number of hydrogen-bond acceptors (Lipinski definition) is 5. The van der Waals surface area contributed by atoms with Crippen molar-refractivity contribution in [2.24, 2.45) is 0 Å². The number of halogens is 3. The molecular weight excluding hydrogens is 459 g/mol. The molecule has 4 nitrogen and oxygen atoms in total. The van der Waals surface area contributed by atoms with Gasteiger partial charge in [0.25, 0.3) is 0 Å². The van der Waals surface area contributed by atoms with Gasteiger partial charge in [0, 0.05) is 5.69 Å². The highest BCUT2D eigenvalue weighted by atomic mass is 32.2. The minimum atomic E-state index is -4.40. The quantitative estimate of drug-likeness (QED) is 0.263. The summed E-state index contributed by atoms with van der Waals surface area (Å²) >= 11 is 1.37. The molecule has 0 aliphatic rings. The monoisotopic (exact) mass is 477 g/mol.